The third-order valence-corrected chi connectivity index (χ3v) is 6.36. The highest BCUT2D eigenvalue weighted by Gasteiger charge is 2.31. The van der Waals surface area contributed by atoms with Crippen molar-refractivity contribution in [3.63, 3.8) is 0 Å². The van der Waals surface area contributed by atoms with E-state index in [9.17, 15) is 4.79 Å². The molecule has 2 aliphatic rings. The number of nitrogen functional groups attached to an aromatic ring is 1. The predicted octanol–water partition coefficient (Wildman–Crippen LogP) is 2.05. The number of rotatable bonds is 4. The highest BCUT2D eigenvalue weighted by molar-refractivity contribution is 5.84. The average Bonchev–Trinajstić information content (AvgIpc) is 3.19. The summed E-state index contributed by atoms with van der Waals surface area (Å²) in [5, 5.41) is 7.97. The van der Waals surface area contributed by atoms with E-state index in [4.69, 9.17) is 10.7 Å². The molecule has 5 rings (SSSR count). The molecule has 4 heterocycles. The number of likely N-dealkylation sites (N-methyl/N-ethyl adjacent to an activating group) is 2. The van der Waals surface area contributed by atoms with Crippen LogP contribution in [0, 0.1) is 0 Å². The summed E-state index contributed by atoms with van der Waals surface area (Å²) in [4.78, 5) is 27.8. The van der Waals surface area contributed by atoms with Gasteiger partial charge in [-0.3, -0.25) is 9.69 Å². The summed E-state index contributed by atoms with van der Waals surface area (Å²) in [5.74, 6) is 1.73. The molecule has 10 nitrogen and oxygen atoms in total. The van der Waals surface area contributed by atoms with E-state index in [1.54, 1.807) is 15.6 Å². The van der Waals surface area contributed by atoms with E-state index in [-0.39, 0.29) is 11.9 Å². The molecule has 33 heavy (non-hydrogen) atoms. The predicted molar refractivity (Wildman–Crippen MR) is 129 cm³/mol. The van der Waals surface area contributed by atoms with Gasteiger partial charge in [-0.25, -0.2) is 4.98 Å². The molecule has 0 radical (unpaired) electrons. The number of imidazole rings is 1. The third kappa shape index (κ3) is 3.97. The second-order valence-corrected chi connectivity index (χ2v) is 8.84. The van der Waals surface area contributed by atoms with Gasteiger partial charge in [0.05, 0.1) is 6.20 Å². The van der Waals surface area contributed by atoms with Crippen molar-refractivity contribution in [3.05, 3.63) is 48.2 Å². The summed E-state index contributed by atoms with van der Waals surface area (Å²) in [6.45, 7) is 7.31. The van der Waals surface area contributed by atoms with E-state index >= 15 is 0 Å². The zero-order valence-corrected chi connectivity index (χ0v) is 19.0. The van der Waals surface area contributed by atoms with E-state index in [0.29, 0.717) is 23.2 Å². The van der Waals surface area contributed by atoms with Crippen LogP contribution in [0.4, 0.5) is 23.3 Å². The van der Waals surface area contributed by atoms with Crippen LogP contribution >= 0.6 is 0 Å². The lowest BCUT2D eigenvalue weighted by Crippen LogP contribution is -2.48. The van der Waals surface area contributed by atoms with Crippen molar-refractivity contribution in [1.29, 1.82) is 0 Å². The van der Waals surface area contributed by atoms with Crippen molar-refractivity contribution >= 4 is 34.8 Å². The number of nitrogens with one attached hydrogen (secondary N) is 1. The van der Waals surface area contributed by atoms with Crippen LogP contribution in [0.2, 0.25) is 0 Å². The molecule has 1 unspecified atom stereocenters. The van der Waals surface area contributed by atoms with Crippen molar-refractivity contribution in [2.24, 2.45) is 0 Å². The minimum atomic E-state index is -0.269. The van der Waals surface area contributed by atoms with Gasteiger partial charge in [0.25, 0.3) is 0 Å². The van der Waals surface area contributed by atoms with Crippen molar-refractivity contribution in [3.8, 4) is 0 Å². The number of benzene rings is 1. The molecular weight excluding hydrogens is 418 g/mol. The molecule has 1 aromatic carbocycles. The average molecular weight is 448 g/mol. The van der Waals surface area contributed by atoms with E-state index < -0.39 is 0 Å². The van der Waals surface area contributed by atoms with Gasteiger partial charge in [-0.05, 0) is 37.6 Å². The van der Waals surface area contributed by atoms with Crippen LogP contribution < -0.4 is 16.0 Å². The highest BCUT2D eigenvalue weighted by Crippen LogP contribution is 2.28. The van der Waals surface area contributed by atoms with Crippen LogP contribution in [-0.4, -0.2) is 75.6 Å². The van der Waals surface area contributed by atoms with Crippen molar-refractivity contribution in [2.75, 3.05) is 56.2 Å². The molecule has 172 valence electrons. The number of aromatic nitrogens is 4. The second-order valence-electron chi connectivity index (χ2n) is 8.84. The Morgan fingerprint density at radius 3 is 2.70 bits per heavy atom. The van der Waals surface area contributed by atoms with Crippen molar-refractivity contribution < 1.29 is 4.79 Å². The fourth-order valence-electron chi connectivity index (χ4n) is 4.45. The molecule has 2 saturated heterocycles. The summed E-state index contributed by atoms with van der Waals surface area (Å²) in [7, 11) is 3.84. The zero-order chi connectivity index (χ0) is 23.1. The first kappa shape index (κ1) is 21.2. The number of hydrogen-bond donors (Lipinski definition) is 2. The second kappa shape index (κ2) is 8.36. The number of piperazine rings is 1. The Balaban J connectivity index is 1.44. The van der Waals surface area contributed by atoms with Gasteiger partial charge in [0, 0.05) is 38.9 Å². The topological polar surface area (TPSA) is 108 Å². The monoisotopic (exact) mass is 447 g/mol. The number of amides is 1. The molecule has 2 aromatic heterocycles. The van der Waals surface area contributed by atoms with E-state index in [1.807, 2.05) is 38.4 Å². The standard InChI is InChI=1S/C23H29N9O/c1-15-5-4-10-31(14-15)23-27-20(21-25-13-18(24)32(21)28-23)26-17-8-6-16(7-9-17)19-22(33)30(3)12-11-29(19)2/h6-9,13,19H,1,4-5,10-12,14,24H2,2-3H3,(H,26,27,28). The lowest BCUT2D eigenvalue weighted by atomic mass is 10.0. The van der Waals surface area contributed by atoms with Gasteiger partial charge < -0.3 is 20.9 Å². The summed E-state index contributed by atoms with van der Waals surface area (Å²) >= 11 is 0. The van der Waals surface area contributed by atoms with Gasteiger partial charge in [-0.1, -0.05) is 24.3 Å². The number of nitrogens with two attached hydrogens (primary N) is 1. The Morgan fingerprint density at radius 1 is 1.15 bits per heavy atom. The minimum Gasteiger partial charge on any atom is -0.382 e. The van der Waals surface area contributed by atoms with E-state index in [1.165, 1.54) is 5.57 Å². The molecule has 0 spiro atoms. The van der Waals surface area contributed by atoms with Gasteiger partial charge >= 0.3 is 0 Å². The zero-order valence-electron chi connectivity index (χ0n) is 19.0. The summed E-state index contributed by atoms with van der Waals surface area (Å²) in [6.07, 6.45) is 3.63. The smallest absolute Gasteiger partial charge is 0.246 e. The normalized spacial score (nSPS) is 20.0. The first-order chi connectivity index (χ1) is 15.9. The maximum absolute atomic E-state index is 12.7. The lowest BCUT2D eigenvalue weighted by molar-refractivity contribution is -0.139. The number of carbonyl (C=O) groups is 1. The Kier molecular flexibility index (Phi) is 5.37. The number of carbonyl (C=O) groups excluding carboxylic acids is 1. The molecule has 3 aromatic rings. The number of piperidine rings is 1. The molecular formula is C23H29N9O. The molecule has 10 heteroatoms. The van der Waals surface area contributed by atoms with Crippen LogP contribution in [0.5, 0.6) is 0 Å². The largest absolute Gasteiger partial charge is 0.382 e. The summed E-state index contributed by atoms with van der Waals surface area (Å²) in [5.41, 5.74) is 9.64. The first-order valence-electron chi connectivity index (χ1n) is 11.2. The molecule has 2 fully saturated rings. The van der Waals surface area contributed by atoms with E-state index in [2.05, 4.69) is 31.8 Å². The number of hydrogen-bond acceptors (Lipinski definition) is 8. The van der Waals surface area contributed by atoms with Crippen LogP contribution in [0.15, 0.2) is 42.6 Å². The van der Waals surface area contributed by atoms with Gasteiger partial charge in [0.2, 0.25) is 11.9 Å². The first-order valence-corrected chi connectivity index (χ1v) is 11.2. The number of fused-ring (bicyclic) bond motifs is 1. The van der Waals surface area contributed by atoms with Gasteiger partial charge in [-0.2, -0.15) is 9.50 Å². The molecule has 1 amide bonds. The fraction of sp³-hybridized carbons (Fsp3) is 0.391. The van der Waals surface area contributed by atoms with Crippen molar-refractivity contribution in [1.82, 2.24) is 29.4 Å². The van der Waals surface area contributed by atoms with Crippen LogP contribution in [0.1, 0.15) is 24.4 Å². The molecule has 2 aliphatic heterocycles. The maximum atomic E-state index is 12.7. The van der Waals surface area contributed by atoms with E-state index in [0.717, 1.165) is 50.3 Å². The van der Waals surface area contributed by atoms with Crippen LogP contribution in [-0.2, 0) is 4.79 Å². The Bertz CT molecular complexity index is 1200. The molecule has 0 bridgehead atoms. The molecule has 0 aliphatic carbocycles. The van der Waals surface area contributed by atoms with Crippen LogP contribution in [0.3, 0.4) is 0 Å². The molecule has 0 saturated carbocycles. The number of nitrogens with zero attached hydrogens (tertiary/aromatic N) is 7. The molecule has 1 atom stereocenters. The Morgan fingerprint density at radius 2 is 1.94 bits per heavy atom. The summed E-state index contributed by atoms with van der Waals surface area (Å²) < 4.78 is 1.61. The minimum absolute atomic E-state index is 0.114. The summed E-state index contributed by atoms with van der Waals surface area (Å²) in [6, 6.07) is 7.61. The maximum Gasteiger partial charge on any atom is 0.246 e. The van der Waals surface area contributed by atoms with Gasteiger partial charge in [-0.15, -0.1) is 5.10 Å². The van der Waals surface area contributed by atoms with Gasteiger partial charge in [0.15, 0.2) is 11.5 Å². The number of anilines is 4. The fourth-order valence-corrected chi connectivity index (χ4v) is 4.45. The Labute approximate surface area is 192 Å². The van der Waals surface area contributed by atoms with Crippen LogP contribution in [0.25, 0.3) is 5.65 Å². The SMILES string of the molecule is C=C1CCCN(c2nc(Nc3ccc(C4C(=O)N(C)CCN4C)cc3)c3ncc(N)n3n2)C1. The van der Waals surface area contributed by atoms with Gasteiger partial charge in [0.1, 0.15) is 11.9 Å². The Hall–Kier alpha value is -3.66. The molecule has 3 N–H and O–H groups in total. The lowest BCUT2D eigenvalue weighted by Gasteiger charge is -2.37. The van der Waals surface area contributed by atoms with Crippen molar-refractivity contribution in [2.45, 2.75) is 18.9 Å². The highest BCUT2D eigenvalue weighted by atomic mass is 16.2. The third-order valence-electron chi connectivity index (χ3n) is 6.36. The quantitative estimate of drug-likeness (QED) is 0.585.